The first-order valence-corrected chi connectivity index (χ1v) is 8.60. The predicted molar refractivity (Wildman–Crippen MR) is 91.0 cm³/mol. The van der Waals surface area contributed by atoms with Crippen molar-refractivity contribution in [3.63, 3.8) is 0 Å². The third-order valence-electron chi connectivity index (χ3n) is 3.34. The number of amides is 1. The van der Waals surface area contributed by atoms with E-state index in [1.807, 2.05) is 6.92 Å². The number of carbonyl (C=O) groups is 1. The lowest BCUT2D eigenvalue weighted by atomic mass is 10.2. The standard InChI is InChI=1S/C13H25N5O3S.ClH/c1-8(14)6-7-15-13(19)10(3)17-22(20,21)12-9(2)16-18(5)11(12)4;/h8,10,17H,6-7,14H2,1-5H3,(H,15,19);1H. The molecule has 0 saturated carbocycles. The summed E-state index contributed by atoms with van der Waals surface area (Å²) in [7, 11) is -2.13. The van der Waals surface area contributed by atoms with Crippen LogP contribution in [0.4, 0.5) is 0 Å². The zero-order valence-electron chi connectivity index (χ0n) is 14.1. The minimum atomic E-state index is -3.81. The molecule has 1 aromatic rings. The van der Waals surface area contributed by atoms with Crippen LogP contribution in [0.3, 0.4) is 0 Å². The Hall–Kier alpha value is -1.16. The molecular formula is C13H26ClN5O3S. The minimum Gasteiger partial charge on any atom is -0.355 e. The van der Waals surface area contributed by atoms with Gasteiger partial charge >= 0.3 is 0 Å². The van der Waals surface area contributed by atoms with Gasteiger partial charge in [-0.25, -0.2) is 8.42 Å². The van der Waals surface area contributed by atoms with E-state index < -0.39 is 16.1 Å². The molecule has 8 nitrogen and oxygen atoms in total. The van der Waals surface area contributed by atoms with Crippen LogP contribution in [0.25, 0.3) is 0 Å². The Bertz CT molecular complexity index is 642. The highest BCUT2D eigenvalue weighted by molar-refractivity contribution is 7.89. The van der Waals surface area contributed by atoms with Crippen molar-refractivity contribution in [1.82, 2.24) is 19.8 Å². The van der Waals surface area contributed by atoms with Gasteiger partial charge in [-0.2, -0.15) is 9.82 Å². The van der Waals surface area contributed by atoms with Crippen LogP contribution in [-0.2, 0) is 21.9 Å². The van der Waals surface area contributed by atoms with Crippen LogP contribution < -0.4 is 15.8 Å². The quantitative estimate of drug-likeness (QED) is 0.625. The van der Waals surface area contributed by atoms with Crippen molar-refractivity contribution in [3.05, 3.63) is 11.4 Å². The second-order valence-corrected chi connectivity index (χ2v) is 7.17. The zero-order valence-corrected chi connectivity index (χ0v) is 15.7. The maximum absolute atomic E-state index is 12.4. The monoisotopic (exact) mass is 367 g/mol. The number of nitrogens with one attached hydrogen (secondary N) is 2. The number of rotatable bonds is 7. The topological polar surface area (TPSA) is 119 Å². The molecular weight excluding hydrogens is 342 g/mol. The predicted octanol–water partition coefficient (Wildman–Crippen LogP) is -0.0210. The average molecular weight is 368 g/mol. The maximum atomic E-state index is 12.4. The van der Waals surface area contributed by atoms with Crippen molar-refractivity contribution < 1.29 is 13.2 Å². The number of hydrogen-bond acceptors (Lipinski definition) is 5. The molecule has 0 aromatic carbocycles. The van der Waals surface area contributed by atoms with Crippen LogP contribution in [0.1, 0.15) is 31.7 Å². The van der Waals surface area contributed by atoms with Gasteiger partial charge in [0.15, 0.2) is 0 Å². The number of hydrogen-bond donors (Lipinski definition) is 3. The van der Waals surface area contributed by atoms with Crippen molar-refractivity contribution in [2.45, 2.75) is 51.1 Å². The minimum absolute atomic E-state index is 0. The van der Waals surface area contributed by atoms with Crippen LogP contribution >= 0.6 is 12.4 Å². The highest BCUT2D eigenvalue weighted by atomic mass is 35.5. The average Bonchev–Trinajstić information content (AvgIpc) is 2.62. The van der Waals surface area contributed by atoms with E-state index in [0.717, 1.165) is 0 Å². The number of aromatic nitrogens is 2. The fourth-order valence-corrected chi connectivity index (χ4v) is 3.71. The van der Waals surface area contributed by atoms with Gasteiger partial charge in [0.05, 0.1) is 17.4 Å². The summed E-state index contributed by atoms with van der Waals surface area (Å²) in [5.41, 5.74) is 6.52. The molecule has 0 bridgehead atoms. The molecule has 0 aliphatic carbocycles. The normalized spacial score (nSPS) is 14.0. The number of nitrogens with zero attached hydrogens (tertiary/aromatic N) is 2. The Morgan fingerprint density at radius 2 is 1.91 bits per heavy atom. The van der Waals surface area contributed by atoms with Crippen LogP contribution in [0.15, 0.2) is 4.90 Å². The Morgan fingerprint density at radius 1 is 1.35 bits per heavy atom. The van der Waals surface area contributed by atoms with Gasteiger partial charge < -0.3 is 11.1 Å². The molecule has 23 heavy (non-hydrogen) atoms. The highest BCUT2D eigenvalue weighted by Crippen LogP contribution is 2.18. The zero-order chi connectivity index (χ0) is 17.1. The van der Waals surface area contributed by atoms with E-state index >= 15 is 0 Å². The number of sulfonamides is 1. The van der Waals surface area contributed by atoms with Crippen molar-refractivity contribution in [3.8, 4) is 0 Å². The summed E-state index contributed by atoms with van der Waals surface area (Å²) < 4.78 is 28.7. The molecule has 0 saturated heterocycles. The molecule has 1 aromatic heterocycles. The molecule has 134 valence electrons. The van der Waals surface area contributed by atoms with Crippen LogP contribution in [0, 0.1) is 13.8 Å². The first-order valence-electron chi connectivity index (χ1n) is 7.12. The van der Waals surface area contributed by atoms with E-state index in [2.05, 4.69) is 15.1 Å². The molecule has 1 heterocycles. The summed E-state index contributed by atoms with van der Waals surface area (Å²) in [6, 6.07) is -0.898. The summed E-state index contributed by atoms with van der Waals surface area (Å²) in [5, 5.41) is 6.74. The molecule has 0 fully saturated rings. The summed E-state index contributed by atoms with van der Waals surface area (Å²) in [4.78, 5) is 12.0. The SMILES string of the molecule is Cc1nn(C)c(C)c1S(=O)(=O)NC(C)C(=O)NCCC(C)N.Cl. The van der Waals surface area contributed by atoms with Gasteiger partial charge in [0.25, 0.3) is 0 Å². The third kappa shape index (κ3) is 5.76. The molecule has 2 atom stereocenters. The molecule has 1 amide bonds. The van der Waals surface area contributed by atoms with E-state index in [9.17, 15) is 13.2 Å². The largest absolute Gasteiger partial charge is 0.355 e. The highest BCUT2D eigenvalue weighted by Gasteiger charge is 2.27. The van der Waals surface area contributed by atoms with Crippen molar-refractivity contribution in [1.29, 1.82) is 0 Å². The van der Waals surface area contributed by atoms with E-state index in [1.165, 1.54) is 11.6 Å². The second-order valence-electron chi connectivity index (χ2n) is 5.52. The molecule has 0 aliphatic rings. The van der Waals surface area contributed by atoms with E-state index in [1.54, 1.807) is 20.9 Å². The number of halogens is 1. The van der Waals surface area contributed by atoms with Gasteiger partial charge in [-0.3, -0.25) is 9.48 Å². The van der Waals surface area contributed by atoms with Gasteiger partial charge in [0, 0.05) is 19.6 Å². The molecule has 0 spiro atoms. The van der Waals surface area contributed by atoms with Crippen molar-refractivity contribution in [2.75, 3.05) is 6.54 Å². The van der Waals surface area contributed by atoms with E-state index in [0.29, 0.717) is 24.4 Å². The van der Waals surface area contributed by atoms with Gasteiger partial charge in [0.2, 0.25) is 15.9 Å². The molecule has 4 N–H and O–H groups in total. The van der Waals surface area contributed by atoms with E-state index in [4.69, 9.17) is 5.73 Å². The van der Waals surface area contributed by atoms with Crippen molar-refractivity contribution >= 4 is 28.3 Å². The Kier molecular flexibility index (Phi) is 8.19. The summed E-state index contributed by atoms with van der Waals surface area (Å²) in [6.45, 7) is 7.04. The maximum Gasteiger partial charge on any atom is 0.244 e. The Labute approximate surface area is 143 Å². The summed E-state index contributed by atoms with van der Waals surface area (Å²) in [5.74, 6) is -0.386. The summed E-state index contributed by atoms with van der Waals surface area (Å²) >= 11 is 0. The number of nitrogens with two attached hydrogens (primary N) is 1. The lowest BCUT2D eigenvalue weighted by Gasteiger charge is -2.15. The Balaban J connectivity index is 0.00000484. The fraction of sp³-hybridized carbons (Fsp3) is 0.692. The van der Waals surface area contributed by atoms with Crippen molar-refractivity contribution in [2.24, 2.45) is 12.8 Å². The van der Waals surface area contributed by atoms with Gasteiger partial charge in [0.1, 0.15) is 4.90 Å². The van der Waals surface area contributed by atoms with Gasteiger partial charge in [-0.1, -0.05) is 0 Å². The summed E-state index contributed by atoms with van der Waals surface area (Å²) in [6.07, 6.45) is 0.631. The first-order chi connectivity index (χ1) is 10.1. The number of aryl methyl sites for hydroxylation is 2. The number of carbonyl (C=O) groups excluding carboxylic acids is 1. The van der Waals surface area contributed by atoms with Crippen LogP contribution in [-0.4, -0.2) is 42.7 Å². The lowest BCUT2D eigenvalue weighted by Crippen LogP contribution is -2.45. The lowest BCUT2D eigenvalue weighted by molar-refractivity contribution is -0.122. The van der Waals surface area contributed by atoms with Gasteiger partial charge in [-0.15, -0.1) is 12.4 Å². The second kappa shape index (κ2) is 8.62. The smallest absolute Gasteiger partial charge is 0.244 e. The fourth-order valence-electron chi connectivity index (χ4n) is 2.06. The molecule has 0 aliphatic heterocycles. The Morgan fingerprint density at radius 3 is 2.35 bits per heavy atom. The molecule has 1 rings (SSSR count). The molecule has 0 radical (unpaired) electrons. The van der Waals surface area contributed by atoms with Crippen LogP contribution in [0.5, 0.6) is 0 Å². The molecule has 10 heteroatoms. The third-order valence-corrected chi connectivity index (χ3v) is 5.13. The van der Waals surface area contributed by atoms with Gasteiger partial charge in [-0.05, 0) is 34.1 Å². The molecule has 2 unspecified atom stereocenters. The first kappa shape index (κ1) is 21.8. The van der Waals surface area contributed by atoms with Crippen LogP contribution in [0.2, 0.25) is 0 Å². The van der Waals surface area contributed by atoms with E-state index in [-0.39, 0.29) is 29.3 Å².